The highest BCUT2D eigenvalue weighted by molar-refractivity contribution is 5.65. The van der Waals surface area contributed by atoms with Crippen molar-refractivity contribution in [1.82, 2.24) is 9.55 Å². The fourth-order valence-corrected chi connectivity index (χ4v) is 2.39. The molecule has 0 aliphatic carbocycles. The minimum atomic E-state index is -0.435. The number of para-hydroxylation sites is 1. The number of nitrogens with one attached hydrogen (secondary N) is 1. The highest BCUT2D eigenvalue weighted by Crippen LogP contribution is 2.22. The van der Waals surface area contributed by atoms with Gasteiger partial charge in [0.2, 0.25) is 0 Å². The van der Waals surface area contributed by atoms with Crippen molar-refractivity contribution in [3.05, 3.63) is 87.1 Å². The topological polar surface area (TPSA) is 54.9 Å². The summed E-state index contributed by atoms with van der Waals surface area (Å²) in [5, 5.41) is 0. The maximum atomic E-state index is 12.3. The van der Waals surface area contributed by atoms with Gasteiger partial charge in [0.15, 0.2) is 0 Å². The van der Waals surface area contributed by atoms with E-state index in [1.807, 2.05) is 60.7 Å². The smallest absolute Gasteiger partial charge is 0.273 e. The van der Waals surface area contributed by atoms with Gasteiger partial charge in [0, 0.05) is 5.56 Å². The van der Waals surface area contributed by atoms with E-state index in [0.29, 0.717) is 11.3 Å². The Morgan fingerprint density at radius 1 is 0.857 bits per heavy atom. The lowest BCUT2D eigenvalue weighted by molar-refractivity contribution is 0.889. The summed E-state index contributed by atoms with van der Waals surface area (Å²) in [5.41, 5.74) is 1.91. The molecule has 0 aliphatic rings. The van der Waals surface area contributed by atoms with Gasteiger partial charge in [-0.05, 0) is 24.6 Å². The number of hydrogen-bond acceptors (Lipinski definition) is 2. The lowest BCUT2D eigenvalue weighted by Gasteiger charge is -2.14. The molecule has 4 nitrogen and oxygen atoms in total. The Labute approximate surface area is 121 Å². The molecule has 4 heteroatoms. The number of benzene rings is 2. The standard InChI is InChI=1S/C17H14N2O2/c1-12-15(13-8-4-2-5-9-13)19(17(21)18-16(12)20)14-10-6-3-7-11-14/h2-11H,1H3,(H,18,20,21). The van der Waals surface area contributed by atoms with E-state index in [1.165, 1.54) is 4.57 Å². The molecule has 21 heavy (non-hydrogen) atoms. The van der Waals surface area contributed by atoms with E-state index in [-0.39, 0.29) is 5.56 Å². The molecule has 1 aromatic heterocycles. The lowest BCUT2D eigenvalue weighted by atomic mass is 10.1. The fraction of sp³-hybridized carbons (Fsp3) is 0.0588. The van der Waals surface area contributed by atoms with Crippen LogP contribution in [0.5, 0.6) is 0 Å². The van der Waals surface area contributed by atoms with Crippen molar-refractivity contribution in [2.45, 2.75) is 6.92 Å². The van der Waals surface area contributed by atoms with Crippen LogP contribution in [-0.2, 0) is 0 Å². The summed E-state index contributed by atoms with van der Waals surface area (Å²) in [5.74, 6) is 0. The van der Waals surface area contributed by atoms with Crippen molar-refractivity contribution in [2.24, 2.45) is 0 Å². The third-order valence-corrected chi connectivity index (χ3v) is 3.40. The molecule has 0 radical (unpaired) electrons. The number of rotatable bonds is 2. The van der Waals surface area contributed by atoms with E-state index >= 15 is 0 Å². The normalized spacial score (nSPS) is 10.5. The molecule has 2 aromatic carbocycles. The molecule has 0 aliphatic heterocycles. The highest BCUT2D eigenvalue weighted by atomic mass is 16.2. The first kappa shape index (κ1) is 13.1. The number of hydrogen-bond donors (Lipinski definition) is 1. The second-order valence-electron chi connectivity index (χ2n) is 4.77. The van der Waals surface area contributed by atoms with Gasteiger partial charge in [-0.25, -0.2) is 4.79 Å². The van der Waals surface area contributed by atoms with Gasteiger partial charge in [-0.1, -0.05) is 48.5 Å². The van der Waals surface area contributed by atoms with Gasteiger partial charge >= 0.3 is 5.69 Å². The molecule has 1 heterocycles. The molecular weight excluding hydrogens is 264 g/mol. The second kappa shape index (κ2) is 5.25. The lowest BCUT2D eigenvalue weighted by Crippen LogP contribution is -2.32. The van der Waals surface area contributed by atoms with Crippen LogP contribution in [0.2, 0.25) is 0 Å². The van der Waals surface area contributed by atoms with Gasteiger partial charge in [-0.3, -0.25) is 14.3 Å². The van der Waals surface area contributed by atoms with Crippen LogP contribution in [-0.4, -0.2) is 9.55 Å². The van der Waals surface area contributed by atoms with Crippen LogP contribution in [0.4, 0.5) is 0 Å². The van der Waals surface area contributed by atoms with Crippen molar-refractivity contribution in [1.29, 1.82) is 0 Å². The van der Waals surface area contributed by atoms with E-state index in [2.05, 4.69) is 4.98 Å². The average Bonchev–Trinajstić information content (AvgIpc) is 2.52. The monoisotopic (exact) mass is 278 g/mol. The summed E-state index contributed by atoms with van der Waals surface area (Å²) in [6.45, 7) is 1.72. The van der Waals surface area contributed by atoms with Gasteiger partial charge in [0.05, 0.1) is 11.4 Å². The molecule has 0 fully saturated rings. The Balaban J connectivity index is 2.43. The third kappa shape index (κ3) is 2.31. The molecule has 0 atom stereocenters. The molecule has 3 rings (SSSR count). The maximum Gasteiger partial charge on any atom is 0.333 e. The van der Waals surface area contributed by atoms with Crippen LogP contribution in [0.25, 0.3) is 16.9 Å². The largest absolute Gasteiger partial charge is 0.333 e. The first-order chi connectivity index (χ1) is 10.2. The molecule has 0 bridgehead atoms. The summed E-state index contributed by atoms with van der Waals surface area (Å²) in [7, 11) is 0. The van der Waals surface area contributed by atoms with Gasteiger partial charge in [0.1, 0.15) is 0 Å². The van der Waals surface area contributed by atoms with E-state index in [0.717, 1.165) is 11.3 Å². The predicted molar refractivity (Wildman–Crippen MR) is 82.8 cm³/mol. The van der Waals surface area contributed by atoms with Crippen LogP contribution in [0, 0.1) is 6.92 Å². The van der Waals surface area contributed by atoms with Crippen molar-refractivity contribution >= 4 is 0 Å². The first-order valence-corrected chi connectivity index (χ1v) is 6.65. The molecular formula is C17H14N2O2. The van der Waals surface area contributed by atoms with Crippen LogP contribution >= 0.6 is 0 Å². The van der Waals surface area contributed by atoms with Gasteiger partial charge < -0.3 is 0 Å². The SMILES string of the molecule is Cc1c(-c2ccccc2)n(-c2ccccc2)c(=O)[nH]c1=O. The Hall–Kier alpha value is -2.88. The quantitative estimate of drug-likeness (QED) is 0.783. The third-order valence-electron chi connectivity index (χ3n) is 3.40. The van der Waals surface area contributed by atoms with Crippen LogP contribution in [0.1, 0.15) is 5.56 Å². The Bertz CT molecular complexity index is 878. The summed E-state index contributed by atoms with van der Waals surface area (Å²) in [6.07, 6.45) is 0. The van der Waals surface area contributed by atoms with Crippen molar-refractivity contribution in [3.8, 4) is 16.9 Å². The van der Waals surface area contributed by atoms with Crippen LogP contribution < -0.4 is 11.2 Å². The molecule has 3 aromatic rings. The number of H-pyrrole nitrogens is 1. The molecule has 0 unspecified atom stereocenters. The summed E-state index contributed by atoms with van der Waals surface area (Å²) in [6, 6.07) is 18.7. The summed E-state index contributed by atoms with van der Waals surface area (Å²) < 4.78 is 1.53. The Kier molecular flexibility index (Phi) is 3.28. The summed E-state index contributed by atoms with van der Waals surface area (Å²) >= 11 is 0. The fourth-order valence-electron chi connectivity index (χ4n) is 2.39. The van der Waals surface area contributed by atoms with Gasteiger partial charge in [0.25, 0.3) is 5.56 Å². The predicted octanol–water partition coefficient (Wildman–Crippen LogP) is 2.50. The van der Waals surface area contributed by atoms with Gasteiger partial charge in [-0.2, -0.15) is 0 Å². The number of aromatic amines is 1. The minimum absolute atomic E-state index is 0.356. The maximum absolute atomic E-state index is 12.3. The highest BCUT2D eigenvalue weighted by Gasteiger charge is 2.14. The number of nitrogens with zero attached hydrogens (tertiary/aromatic N) is 1. The zero-order valence-electron chi connectivity index (χ0n) is 11.5. The molecule has 1 N–H and O–H groups in total. The zero-order valence-corrected chi connectivity index (χ0v) is 11.5. The molecule has 0 amide bonds. The zero-order chi connectivity index (χ0) is 14.8. The molecule has 0 saturated heterocycles. The van der Waals surface area contributed by atoms with Crippen molar-refractivity contribution < 1.29 is 0 Å². The van der Waals surface area contributed by atoms with E-state index in [4.69, 9.17) is 0 Å². The van der Waals surface area contributed by atoms with E-state index < -0.39 is 5.69 Å². The average molecular weight is 278 g/mol. The van der Waals surface area contributed by atoms with Crippen molar-refractivity contribution in [3.63, 3.8) is 0 Å². The second-order valence-corrected chi connectivity index (χ2v) is 4.77. The minimum Gasteiger partial charge on any atom is -0.273 e. The Morgan fingerprint density at radius 3 is 2.05 bits per heavy atom. The Morgan fingerprint density at radius 2 is 1.43 bits per heavy atom. The summed E-state index contributed by atoms with van der Waals surface area (Å²) in [4.78, 5) is 26.6. The van der Waals surface area contributed by atoms with Crippen LogP contribution in [0.15, 0.2) is 70.3 Å². The van der Waals surface area contributed by atoms with Gasteiger partial charge in [-0.15, -0.1) is 0 Å². The van der Waals surface area contributed by atoms with E-state index in [9.17, 15) is 9.59 Å². The molecule has 0 spiro atoms. The molecule has 0 saturated carbocycles. The first-order valence-electron chi connectivity index (χ1n) is 6.65. The van der Waals surface area contributed by atoms with E-state index in [1.54, 1.807) is 6.92 Å². The van der Waals surface area contributed by atoms with Crippen molar-refractivity contribution in [2.75, 3.05) is 0 Å². The van der Waals surface area contributed by atoms with Crippen LogP contribution in [0.3, 0.4) is 0 Å². The molecule has 104 valence electrons. The number of aromatic nitrogens is 2.